The van der Waals surface area contributed by atoms with Gasteiger partial charge in [-0.3, -0.25) is 4.79 Å². The van der Waals surface area contributed by atoms with Crippen molar-refractivity contribution in [3.05, 3.63) is 29.8 Å². The Balaban J connectivity index is 1.59. The molecule has 2 fully saturated rings. The third-order valence-corrected chi connectivity index (χ3v) is 6.67. The van der Waals surface area contributed by atoms with E-state index < -0.39 is 16.0 Å². The number of hydrogen-bond donors (Lipinski definition) is 1. The lowest BCUT2D eigenvalue weighted by atomic mass is 10.1. The Labute approximate surface area is 152 Å². The minimum Gasteiger partial charge on any atom is -0.478 e. The Hall–Kier alpha value is -1.97. The van der Waals surface area contributed by atoms with E-state index in [1.165, 1.54) is 28.6 Å². The van der Waals surface area contributed by atoms with E-state index in [9.17, 15) is 18.0 Å². The van der Waals surface area contributed by atoms with Gasteiger partial charge in [0.25, 0.3) is 0 Å². The zero-order valence-electron chi connectivity index (χ0n) is 14.3. The number of carboxylic acid groups (broad SMARTS) is 1. The summed E-state index contributed by atoms with van der Waals surface area (Å²) in [6, 6.07) is 5.15. The molecule has 2 heterocycles. The molecule has 0 saturated carbocycles. The smallest absolute Gasteiger partial charge is 0.335 e. The monoisotopic (exact) mass is 382 g/mol. The number of sulfonamides is 1. The summed E-state index contributed by atoms with van der Waals surface area (Å²) in [5.74, 6) is -1.10. The highest BCUT2D eigenvalue weighted by atomic mass is 32.2. The topological polar surface area (TPSA) is 104 Å². The van der Waals surface area contributed by atoms with E-state index in [-0.39, 0.29) is 35.6 Å². The first-order valence-electron chi connectivity index (χ1n) is 8.61. The van der Waals surface area contributed by atoms with Gasteiger partial charge in [0.2, 0.25) is 15.9 Å². The van der Waals surface area contributed by atoms with Crippen LogP contribution in [0.2, 0.25) is 0 Å². The highest BCUT2D eigenvalue weighted by Crippen LogP contribution is 2.20. The average Bonchev–Trinajstić information content (AvgIpc) is 3.15. The summed E-state index contributed by atoms with van der Waals surface area (Å²) in [6.07, 6.45) is 2.21. The molecular weight excluding hydrogens is 360 g/mol. The second kappa shape index (κ2) is 7.73. The van der Waals surface area contributed by atoms with Gasteiger partial charge in [0, 0.05) is 32.8 Å². The summed E-state index contributed by atoms with van der Waals surface area (Å²) in [5, 5.41) is 8.90. The van der Waals surface area contributed by atoms with Gasteiger partial charge < -0.3 is 14.7 Å². The molecule has 1 unspecified atom stereocenters. The van der Waals surface area contributed by atoms with E-state index in [1.54, 1.807) is 4.90 Å². The van der Waals surface area contributed by atoms with Crippen LogP contribution in [0.3, 0.4) is 0 Å². The van der Waals surface area contributed by atoms with Crippen molar-refractivity contribution in [3.63, 3.8) is 0 Å². The standard InChI is InChI=1S/C17H22N2O6S/c20-16(12-14-2-1-11-25-14)18-7-9-19(10-8-18)26(23,24)15-5-3-13(4-6-15)17(21)22/h3-6,14H,1-2,7-12H2,(H,21,22). The maximum atomic E-state index is 12.7. The van der Waals surface area contributed by atoms with Crippen molar-refractivity contribution in [2.45, 2.75) is 30.3 Å². The molecule has 1 aromatic rings. The fourth-order valence-corrected chi connectivity index (χ4v) is 4.65. The van der Waals surface area contributed by atoms with Gasteiger partial charge in [0.1, 0.15) is 0 Å². The average molecular weight is 382 g/mol. The number of piperazine rings is 1. The van der Waals surface area contributed by atoms with Crippen molar-refractivity contribution in [1.29, 1.82) is 0 Å². The predicted molar refractivity (Wildman–Crippen MR) is 92.3 cm³/mol. The molecule has 1 aromatic carbocycles. The summed E-state index contributed by atoms with van der Waals surface area (Å²) >= 11 is 0. The van der Waals surface area contributed by atoms with Crippen LogP contribution in [0.15, 0.2) is 29.2 Å². The Morgan fingerprint density at radius 3 is 2.31 bits per heavy atom. The molecular formula is C17H22N2O6S. The lowest BCUT2D eigenvalue weighted by molar-refractivity contribution is -0.134. The van der Waals surface area contributed by atoms with Gasteiger partial charge in [-0.05, 0) is 37.1 Å². The molecule has 2 saturated heterocycles. The van der Waals surface area contributed by atoms with E-state index >= 15 is 0 Å². The Morgan fingerprint density at radius 2 is 1.77 bits per heavy atom. The van der Waals surface area contributed by atoms with Crippen LogP contribution in [0.5, 0.6) is 0 Å². The van der Waals surface area contributed by atoms with Crippen LogP contribution in [0.4, 0.5) is 0 Å². The second-order valence-corrected chi connectivity index (χ2v) is 8.39. The second-order valence-electron chi connectivity index (χ2n) is 6.45. The van der Waals surface area contributed by atoms with Crippen LogP contribution in [-0.4, -0.2) is 73.5 Å². The molecule has 8 nitrogen and oxygen atoms in total. The van der Waals surface area contributed by atoms with Crippen molar-refractivity contribution < 1.29 is 27.9 Å². The highest BCUT2D eigenvalue weighted by Gasteiger charge is 2.31. The number of rotatable bonds is 5. The first-order chi connectivity index (χ1) is 12.4. The summed E-state index contributed by atoms with van der Waals surface area (Å²) in [5.41, 5.74) is 0.0356. The van der Waals surface area contributed by atoms with Gasteiger partial charge in [-0.15, -0.1) is 0 Å². The molecule has 3 rings (SSSR count). The molecule has 0 aromatic heterocycles. The molecule has 0 bridgehead atoms. The maximum absolute atomic E-state index is 12.7. The van der Waals surface area contributed by atoms with Gasteiger partial charge in [-0.1, -0.05) is 0 Å². The molecule has 2 aliphatic rings. The molecule has 142 valence electrons. The number of amides is 1. The molecule has 2 aliphatic heterocycles. The molecule has 1 N–H and O–H groups in total. The van der Waals surface area contributed by atoms with E-state index in [0.717, 1.165) is 12.8 Å². The van der Waals surface area contributed by atoms with Gasteiger partial charge in [0.15, 0.2) is 0 Å². The van der Waals surface area contributed by atoms with Crippen LogP contribution < -0.4 is 0 Å². The summed E-state index contributed by atoms with van der Waals surface area (Å²) in [4.78, 5) is 24.9. The largest absolute Gasteiger partial charge is 0.478 e. The zero-order valence-corrected chi connectivity index (χ0v) is 15.2. The van der Waals surface area contributed by atoms with Crippen molar-refractivity contribution in [2.24, 2.45) is 0 Å². The van der Waals surface area contributed by atoms with Crippen LogP contribution in [0.25, 0.3) is 0 Å². The van der Waals surface area contributed by atoms with Crippen LogP contribution in [0, 0.1) is 0 Å². The quantitative estimate of drug-likeness (QED) is 0.807. The number of carboxylic acids is 1. The van der Waals surface area contributed by atoms with Gasteiger partial charge in [-0.25, -0.2) is 13.2 Å². The maximum Gasteiger partial charge on any atom is 0.335 e. The number of benzene rings is 1. The molecule has 0 aliphatic carbocycles. The van der Waals surface area contributed by atoms with Gasteiger partial charge in [0.05, 0.1) is 23.0 Å². The fraction of sp³-hybridized carbons (Fsp3) is 0.529. The number of ether oxygens (including phenoxy) is 1. The molecule has 26 heavy (non-hydrogen) atoms. The zero-order chi connectivity index (χ0) is 18.7. The SMILES string of the molecule is O=C(O)c1ccc(S(=O)(=O)N2CCN(C(=O)CC3CCCO3)CC2)cc1. The van der Waals surface area contributed by atoms with E-state index in [0.29, 0.717) is 26.1 Å². The van der Waals surface area contributed by atoms with Gasteiger partial charge >= 0.3 is 5.97 Å². The number of carbonyl (C=O) groups excluding carboxylic acids is 1. The third kappa shape index (κ3) is 4.05. The van der Waals surface area contributed by atoms with E-state index in [1.807, 2.05) is 0 Å². The van der Waals surface area contributed by atoms with Crippen molar-refractivity contribution in [3.8, 4) is 0 Å². The molecule has 1 atom stereocenters. The van der Waals surface area contributed by atoms with E-state index in [4.69, 9.17) is 9.84 Å². The fourth-order valence-electron chi connectivity index (χ4n) is 3.23. The Bertz CT molecular complexity index is 763. The lowest BCUT2D eigenvalue weighted by Crippen LogP contribution is -2.50. The normalized spacial score (nSPS) is 21.7. The number of hydrogen-bond acceptors (Lipinski definition) is 5. The van der Waals surface area contributed by atoms with E-state index in [2.05, 4.69) is 0 Å². The van der Waals surface area contributed by atoms with Crippen LogP contribution in [0.1, 0.15) is 29.6 Å². The predicted octanol–water partition coefficient (Wildman–Crippen LogP) is 0.787. The number of aromatic carboxylic acids is 1. The molecule has 1 amide bonds. The molecule has 9 heteroatoms. The highest BCUT2D eigenvalue weighted by molar-refractivity contribution is 7.89. The van der Waals surface area contributed by atoms with Crippen LogP contribution in [-0.2, 0) is 19.6 Å². The van der Waals surface area contributed by atoms with Crippen LogP contribution >= 0.6 is 0 Å². The summed E-state index contributed by atoms with van der Waals surface area (Å²) in [6.45, 7) is 1.83. The number of carbonyl (C=O) groups is 2. The van der Waals surface area contributed by atoms with Crippen molar-refractivity contribution in [2.75, 3.05) is 32.8 Å². The van der Waals surface area contributed by atoms with Crippen molar-refractivity contribution >= 4 is 21.9 Å². The minimum absolute atomic E-state index is 0.000223. The first-order valence-corrected chi connectivity index (χ1v) is 10.0. The minimum atomic E-state index is -3.70. The Morgan fingerprint density at radius 1 is 1.12 bits per heavy atom. The Kier molecular flexibility index (Phi) is 5.59. The number of nitrogens with zero attached hydrogens (tertiary/aromatic N) is 2. The lowest BCUT2D eigenvalue weighted by Gasteiger charge is -2.34. The summed E-state index contributed by atoms with van der Waals surface area (Å²) in [7, 11) is -3.70. The van der Waals surface area contributed by atoms with Crippen molar-refractivity contribution in [1.82, 2.24) is 9.21 Å². The molecule has 0 radical (unpaired) electrons. The third-order valence-electron chi connectivity index (χ3n) is 4.76. The van der Waals surface area contributed by atoms with Gasteiger partial charge in [-0.2, -0.15) is 4.31 Å². The molecule has 0 spiro atoms. The first kappa shape index (κ1) is 18.8. The summed E-state index contributed by atoms with van der Waals surface area (Å²) < 4.78 is 32.2.